The predicted molar refractivity (Wildman–Crippen MR) is 102 cm³/mol. The van der Waals surface area contributed by atoms with Crippen LogP contribution in [0.5, 0.6) is 0 Å². The molecule has 0 radical (unpaired) electrons. The minimum atomic E-state index is -4.00. The molecule has 1 atom stereocenters. The highest BCUT2D eigenvalue weighted by Gasteiger charge is 2.19. The second-order valence-corrected chi connectivity index (χ2v) is 8.01. The molecule has 2 aromatic carbocycles. The fourth-order valence-corrected chi connectivity index (χ4v) is 3.89. The molecule has 0 aliphatic carbocycles. The van der Waals surface area contributed by atoms with Crippen molar-refractivity contribution in [2.24, 2.45) is 0 Å². The molecule has 148 valence electrons. The van der Waals surface area contributed by atoms with Crippen molar-refractivity contribution < 1.29 is 22.9 Å². The first-order valence-corrected chi connectivity index (χ1v) is 10.1. The van der Waals surface area contributed by atoms with Crippen LogP contribution < -0.4 is 10.0 Å². The zero-order chi connectivity index (χ0) is 20.1. The first-order chi connectivity index (χ1) is 13.3. The van der Waals surface area contributed by atoms with E-state index in [1.54, 1.807) is 0 Å². The fraction of sp³-hybridized carbons (Fsp3) is 0.278. The quantitative estimate of drug-likeness (QED) is 0.561. The van der Waals surface area contributed by atoms with Gasteiger partial charge in [0.2, 0.25) is 0 Å². The van der Waals surface area contributed by atoms with E-state index in [-0.39, 0.29) is 28.2 Å². The molecule has 0 bridgehead atoms. The molecule has 1 amide bonds. The lowest BCUT2D eigenvalue weighted by molar-refractivity contribution is -0.385. The molecule has 1 fully saturated rings. The van der Waals surface area contributed by atoms with Crippen LogP contribution in [-0.4, -0.2) is 38.5 Å². The Labute approximate surface area is 161 Å². The molecular formula is C18H19N3O6S. The summed E-state index contributed by atoms with van der Waals surface area (Å²) in [6.45, 7) is 1.18. The summed E-state index contributed by atoms with van der Waals surface area (Å²) in [6.07, 6.45) is 1.75. The summed E-state index contributed by atoms with van der Waals surface area (Å²) in [5.74, 6) is -0.261. The summed E-state index contributed by atoms with van der Waals surface area (Å²) in [6, 6.07) is 10.7. The first kappa shape index (κ1) is 19.8. The Bertz CT molecular complexity index is 969. The number of carbonyl (C=O) groups excluding carboxylic acids is 1. The highest BCUT2D eigenvalue weighted by molar-refractivity contribution is 7.92. The molecule has 1 aliphatic rings. The molecule has 2 N–H and O–H groups in total. The maximum Gasteiger partial charge on any atom is 0.270 e. The van der Waals surface area contributed by atoms with E-state index < -0.39 is 14.9 Å². The lowest BCUT2D eigenvalue weighted by Gasteiger charge is -2.23. The summed E-state index contributed by atoms with van der Waals surface area (Å²) < 4.78 is 32.5. The van der Waals surface area contributed by atoms with Crippen LogP contribution in [0.15, 0.2) is 53.4 Å². The van der Waals surface area contributed by atoms with Crippen LogP contribution in [0, 0.1) is 10.1 Å². The van der Waals surface area contributed by atoms with Crippen molar-refractivity contribution in [3.63, 3.8) is 0 Å². The molecule has 0 spiro atoms. The number of anilines is 1. The zero-order valence-electron chi connectivity index (χ0n) is 14.8. The number of rotatable bonds is 6. The zero-order valence-corrected chi connectivity index (χ0v) is 15.6. The van der Waals surface area contributed by atoms with Crippen LogP contribution in [-0.2, 0) is 14.8 Å². The van der Waals surface area contributed by atoms with E-state index in [9.17, 15) is 23.3 Å². The van der Waals surface area contributed by atoms with Crippen LogP contribution in [0.3, 0.4) is 0 Å². The van der Waals surface area contributed by atoms with E-state index in [1.807, 2.05) is 0 Å². The average Bonchev–Trinajstić information content (AvgIpc) is 2.69. The summed E-state index contributed by atoms with van der Waals surface area (Å²) in [5, 5.41) is 13.7. The van der Waals surface area contributed by atoms with Gasteiger partial charge in [0.25, 0.3) is 21.6 Å². The van der Waals surface area contributed by atoms with Crippen molar-refractivity contribution in [3.05, 3.63) is 64.2 Å². The Morgan fingerprint density at radius 2 is 1.93 bits per heavy atom. The van der Waals surface area contributed by atoms with Crippen LogP contribution in [0.2, 0.25) is 0 Å². The standard InChI is InChI=1S/C18H19N3O6S/c22-18(19-15-3-2-10-27-12-15)13-6-8-14(9-7-13)20-28(25,26)17-5-1-4-16(11-17)21(23)24/h1,4-9,11,15,20H,2-3,10,12H2,(H,19,22). The molecule has 1 heterocycles. The maximum atomic E-state index is 12.4. The van der Waals surface area contributed by atoms with Crippen molar-refractivity contribution in [1.82, 2.24) is 5.32 Å². The van der Waals surface area contributed by atoms with Gasteiger partial charge >= 0.3 is 0 Å². The summed E-state index contributed by atoms with van der Waals surface area (Å²) in [4.78, 5) is 22.2. The molecule has 1 unspecified atom stereocenters. The molecule has 0 saturated carbocycles. The van der Waals surface area contributed by atoms with E-state index in [0.717, 1.165) is 18.9 Å². The Morgan fingerprint density at radius 3 is 2.57 bits per heavy atom. The molecule has 9 nitrogen and oxygen atoms in total. The lowest BCUT2D eigenvalue weighted by atomic mass is 10.1. The number of carbonyl (C=O) groups is 1. The molecule has 2 aromatic rings. The smallest absolute Gasteiger partial charge is 0.270 e. The van der Waals surface area contributed by atoms with E-state index in [2.05, 4.69) is 10.0 Å². The van der Waals surface area contributed by atoms with Gasteiger partial charge in [0.15, 0.2) is 0 Å². The van der Waals surface area contributed by atoms with E-state index in [4.69, 9.17) is 4.74 Å². The van der Waals surface area contributed by atoms with Gasteiger partial charge in [-0.1, -0.05) is 6.07 Å². The van der Waals surface area contributed by atoms with Gasteiger partial charge in [-0.2, -0.15) is 0 Å². The summed E-state index contributed by atoms with van der Waals surface area (Å²) >= 11 is 0. The van der Waals surface area contributed by atoms with Gasteiger partial charge < -0.3 is 10.1 Å². The molecule has 1 aliphatic heterocycles. The van der Waals surface area contributed by atoms with Crippen molar-refractivity contribution in [3.8, 4) is 0 Å². The highest BCUT2D eigenvalue weighted by Crippen LogP contribution is 2.21. The number of ether oxygens (including phenoxy) is 1. The summed E-state index contributed by atoms with van der Waals surface area (Å²) in [7, 11) is -4.00. The van der Waals surface area contributed by atoms with Crippen molar-refractivity contribution in [1.29, 1.82) is 0 Å². The molecule has 28 heavy (non-hydrogen) atoms. The monoisotopic (exact) mass is 405 g/mol. The van der Waals surface area contributed by atoms with Crippen molar-refractivity contribution in [2.75, 3.05) is 17.9 Å². The van der Waals surface area contributed by atoms with Crippen LogP contribution in [0.4, 0.5) is 11.4 Å². The predicted octanol–water partition coefficient (Wildman–Crippen LogP) is 2.30. The van der Waals surface area contributed by atoms with Crippen LogP contribution in [0.25, 0.3) is 0 Å². The molecule has 1 saturated heterocycles. The number of benzene rings is 2. The fourth-order valence-electron chi connectivity index (χ4n) is 2.79. The molecule has 3 rings (SSSR count). The number of nitro groups is 1. The molecule has 0 aromatic heterocycles. The van der Waals surface area contributed by atoms with Gasteiger partial charge in [0.1, 0.15) is 0 Å². The number of nitrogens with zero attached hydrogens (tertiary/aromatic N) is 1. The van der Waals surface area contributed by atoms with Gasteiger partial charge in [0.05, 0.1) is 22.5 Å². The van der Waals surface area contributed by atoms with E-state index in [0.29, 0.717) is 18.8 Å². The SMILES string of the molecule is O=C(NC1CCCOC1)c1ccc(NS(=O)(=O)c2cccc([N+](=O)[O-])c2)cc1. The molecule has 10 heteroatoms. The number of hydrogen-bond acceptors (Lipinski definition) is 6. The summed E-state index contributed by atoms with van der Waals surface area (Å²) in [5.41, 5.74) is 0.314. The van der Waals surface area contributed by atoms with Gasteiger partial charge in [-0.05, 0) is 43.2 Å². The average molecular weight is 405 g/mol. The lowest BCUT2D eigenvalue weighted by Crippen LogP contribution is -2.40. The van der Waals surface area contributed by atoms with Crippen molar-refractivity contribution in [2.45, 2.75) is 23.8 Å². The second-order valence-electron chi connectivity index (χ2n) is 6.32. The number of amides is 1. The Morgan fingerprint density at radius 1 is 1.18 bits per heavy atom. The number of nitrogens with one attached hydrogen (secondary N) is 2. The second kappa shape index (κ2) is 8.36. The largest absolute Gasteiger partial charge is 0.379 e. The van der Waals surface area contributed by atoms with E-state index >= 15 is 0 Å². The van der Waals surface area contributed by atoms with Crippen LogP contribution >= 0.6 is 0 Å². The topological polar surface area (TPSA) is 128 Å². The minimum absolute atomic E-state index is 0.0340. The third kappa shape index (κ3) is 4.84. The number of non-ortho nitro benzene ring substituents is 1. The maximum absolute atomic E-state index is 12.4. The van der Waals surface area contributed by atoms with Gasteiger partial charge in [-0.25, -0.2) is 8.42 Å². The van der Waals surface area contributed by atoms with Crippen molar-refractivity contribution >= 4 is 27.3 Å². The first-order valence-electron chi connectivity index (χ1n) is 8.61. The minimum Gasteiger partial charge on any atom is -0.379 e. The Kier molecular flexibility index (Phi) is 5.90. The van der Waals surface area contributed by atoms with Gasteiger partial charge in [0, 0.05) is 30.0 Å². The third-order valence-corrected chi connectivity index (χ3v) is 5.61. The van der Waals surface area contributed by atoms with Gasteiger partial charge in [-0.3, -0.25) is 19.6 Å². The third-order valence-electron chi connectivity index (χ3n) is 4.23. The number of sulfonamides is 1. The number of nitro benzene ring substituents is 1. The van der Waals surface area contributed by atoms with Gasteiger partial charge in [-0.15, -0.1) is 0 Å². The Hall–Kier alpha value is -2.98. The highest BCUT2D eigenvalue weighted by atomic mass is 32.2. The Balaban J connectivity index is 1.68. The number of hydrogen-bond donors (Lipinski definition) is 2. The normalized spacial score (nSPS) is 16.9. The molecular weight excluding hydrogens is 386 g/mol. The van der Waals surface area contributed by atoms with Crippen LogP contribution in [0.1, 0.15) is 23.2 Å². The van der Waals surface area contributed by atoms with E-state index in [1.165, 1.54) is 42.5 Å².